The third kappa shape index (κ3) is 3.45. The molecule has 1 aliphatic rings. The Bertz CT molecular complexity index is 293. The van der Waals surface area contributed by atoms with E-state index in [2.05, 4.69) is 33.0 Å². The Morgan fingerprint density at radius 2 is 2.11 bits per heavy atom. The van der Waals surface area contributed by atoms with Crippen molar-refractivity contribution in [3.05, 3.63) is 0 Å². The monoisotopic (exact) mass is 257 g/mol. The zero-order valence-electron chi connectivity index (χ0n) is 12.3. The van der Waals surface area contributed by atoms with Crippen molar-refractivity contribution < 1.29 is 14.3 Å². The molecule has 2 unspecified atom stereocenters. The summed E-state index contributed by atoms with van der Waals surface area (Å²) >= 11 is 0. The van der Waals surface area contributed by atoms with Crippen LogP contribution in [0.3, 0.4) is 0 Å². The van der Waals surface area contributed by atoms with E-state index in [0.717, 1.165) is 6.42 Å². The van der Waals surface area contributed by atoms with Crippen molar-refractivity contribution in [3.8, 4) is 0 Å². The van der Waals surface area contributed by atoms with E-state index < -0.39 is 5.54 Å². The highest BCUT2D eigenvalue weighted by molar-refractivity contribution is 5.81. The minimum Gasteiger partial charge on any atom is -0.465 e. The number of hydrogen-bond acceptors (Lipinski definition) is 4. The minimum atomic E-state index is -0.590. The second-order valence-corrected chi connectivity index (χ2v) is 5.68. The SMILES string of the molecule is CCOC(=O)C1(NC(C)C)CCOC(C)(CC)C1. The molecule has 4 nitrogen and oxygen atoms in total. The van der Waals surface area contributed by atoms with Crippen LogP contribution in [0.4, 0.5) is 0 Å². The van der Waals surface area contributed by atoms with Gasteiger partial charge in [0.2, 0.25) is 0 Å². The molecule has 2 atom stereocenters. The quantitative estimate of drug-likeness (QED) is 0.768. The Balaban J connectivity index is 2.93. The lowest BCUT2D eigenvalue weighted by Gasteiger charge is -2.45. The second-order valence-electron chi connectivity index (χ2n) is 5.68. The Hall–Kier alpha value is -0.610. The first-order valence-electron chi connectivity index (χ1n) is 6.96. The third-order valence-corrected chi connectivity index (χ3v) is 3.63. The largest absolute Gasteiger partial charge is 0.465 e. The predicted octanol–water partition coefficient (Wildman–Crippen LogP) is 2.27. The fourth-order valence-corrected chi connectivity index (χ4v) is 2.65. The van der Waals surface area contributed by atoms with Crippen LogP contribution in [-0.4, -0.2) is 36.4 Å². The molecule has 0 saturated carbocycles. The van der Waals surface area contributed by atoms with Crippen molar-refractivity contribution >= 4 is 5.97 Å². The van der Waals surface area contributed by atoms with Gasteiger partial charge in [0.1, 0.15) is 5.54 Å². The summed E-state index contributed by atoms with van der Waals surface area (Å²) in [7, 11) is 0. The molecule has 1 fully saturated rings. The maximum Gasteiger partial charge on any atom is 0.326 e. The summed E-state index contributed by atoms with van der Waals surface area (Å²) in [5.74, 6) is -0.137. The Morgan fingerprint density at radius 3 is 2.61 bits per heavy atom. The van der Waals surface area contributed by atoms with Crippen molar-refractivity contribution in [1.82, 2.24) is 5.32 Å². The van der Waals surface area contributed by atoms with Gasteiger partial charge in [0.05, 0.1) is 12.2 Å². The highest BCUT2D eigenvalue weighted by Crippen LogP contribution is 2.35. The number of hydrogen-bond donors (Lipinski definition) is 1. The zero-order chi connectivity index (χ0) is 13.8. The first-order chi connectivity index (χ1) is 8.37. The van der Waals surface area contributed by atoms with Gasteiger partial charge in [-0.3, -0.25) is 10.1 Å². The molecule has 0 spiro atoms. The Kier molecular flexibility index (Phi) is 5.17. The fraction of sp³-hybridized carbons (Fsp3) is 0.929. The molecule has 1 rings (SSSR count). The highest BCUT2D eigenvalue weighted by atomic mass is 16.5. The summed E-state index contributed by atoms with van der Waals surface area (Å²) in [6.45, 7) is 11.1. The summed E-state index contributed by atoms with van der Waals surface area (Å²) in [5.41, 5.74) is -0.833. The fourth-order valence-electron chi connectivity index (χ4n) is 2.65. The van der Waals surface area contributed by atoms with Gasteiger partial charge >= 0.3 is 5.97 Å². The van der Waals surface area contributed by atoms with E-state index in [0.29, 0.717) is 26.1 Å². The average Bonchev–Trinajstić information content (AvgIpc) is 2.28. The molecule has 4 heteroatoms. The predicted molar refractivity (Wildman–Crippen MR) is 71.5 cm³/mol. The smallest absolute Gasteiger partial charge is 0.326 e. The topological polar surface area (TPSA) is 47.6 Å². The van der Waals surface area contributed by atoms with Crippen LogP contribution in [-0.2, 0) is 14.3 Å². The first-order valence-corrected chi connectivity index (χ1v) is 6.96. The van der Waals surface area contributed by atoms with Gasteiger partial charge in [-0.15, -0.1) is 0 Å². The molecule has 0 aliphatic carbocycles. The standard InChI is InChI=1S/C14H27NO3/c1-6-13(5)10-14(8-9-18-13,15-11(3)4)12(16)17-7-2/h11,15H,6-10H2,1-5H3. The maximum atomic E-state index is 12.3. The molecule has 0 amide bonds. The van der Waals surface area contributed by atoms with Crippen LogP contribution in [0.1, 0.15) is 53.9 Å². The number of ether oxygens (including phenoxy) is 2. The molecule has 0 aromatic heterocycles. The number of rotatable bonds is 5. The molecule has 1 N–H and O–H groups in total. The van der Waals surface area contributed by atoms with E-state index in [1.54, 1.807) is 0 Å². The second kappa shape index (κ2) is 6.02. The van der Waals surface area contributed by atoms with Gasteiger partial charge in [0.15, 0.2) is 0 Å². The minimum absolute atomic E-state index is 0.137. The Labute approximate surface area is 110 Å². The van der Waals surface area contributed by atoms with E-state index >= 15 is 0 Å². The molecule has 0 radical (unpaired) electrons. The van der Waals surface area contributed by atoms with Crippen LogP contribution in [0.25, 0.3) is 0 Å². The first kappa shape index (κ1) is 15.4. The highest BCUT2D eigenvalue weighted by Gasteiger charge is 2.48. The number of carbonyl (C=O) groups is 1. The van der Waals surface area contributed by atoms with Crippen molar-refractivity contribution in [2.75, 3.05) is 13.2 Å². The van der Waals surface area contributed by atoms with Gasteiger partial charge in [0.25, 0.3) is 0 Å². The van der Waals surface area contributed by atoms with Gasteiger partial charge in [0, 0.05) is 19.1 Å². The van der Waals surface area contributed by atoms with E-state index in [9.17, 15) is 4.79 Å². The van der Waals surface area contributed by atoms with E-state index in [1.807, 2.05) is 6.92 Å². The Morgan fingerprint density at radius 1 is 1.44 bits per heavy atom. The summed E-state index contributed by atoms with van der Waals surface area (Å²) in [4.78, 5) is 12.3. The van der Waals surface area contributed by atoms with Crippen molar-refractivity contribution in [2.24, 2.45) is 0 Å². The average molecular weight is 257 g/mol. The van der Waals surface area contributed by atoms with E-state index in [1.165, 1.54) is 0 Å². The molecule has 1 aliphatic heterocycles. The van der Waals surface area contributed by atoms with Gasteiger partial charge in [-0.05, 0) is 40.5 Å². The van der Waals surface area contributed by atoms with Gasteiger partial charge in [-0.1, -0.05) is 6.92 Å². The lowest BCUT2D eigenvalue weighted by atomic mass is 9.78. The summed E-state index contributed by atoms with van der Waals surface area (Å²) in [5, 5.41) is 3.41. The van der Waals surface area contributed by atoms with Crippen molar-refractivity contribution in [1.29, 1.82) is 0 Å². The van der Waals surface area contributed by atoms with Crippen LogP contribution in [0.2, 0.25) is 0 Å². The number of nitrogens with one attached hydrogen (secondary N) is 1. The zero-order valence-corrected chi connectivity index (χ0v) is 12.3. The van der Waals surface area contributed by atoms with E-state index in [4.69, 9.17) is 9.47 Å². The van der Waals surface area contributed by atoms with Crippen molar-refractivity contribution in [2.45, 2.75) is 71.1 Å². The summed E-state index contributed by atoms with van der Waals surface area (Å²) < 4.78 is 11.1. The molecular formula is C14H27NO3. The van der Waals surface area contributed by atoms with Crippen LogP contribution < -0.4 is 5.32 Å². The molecule has 0 aromatic rings. The molecule has 106 valence electrons. The van der Waals surface area contributed by atoms with Crippen molar-refractivity contribution in [3.63, 3.8) is 0 Å². The molecule has 0 aromatic carbocycles. The van der Waals surface area contributed by atoms with Crippen LogP contribution in [0.15, 0.2) is 0 Å². The summed E-state index contributed by atoms with van der Waals surface area (Å²) in [6, 6.07) is 0.244. The normalized spacial score (nSPS) is 32.6. The number of carbonyl (C=O) groups excluding carboxylic acids is 1. The van der Waals surface area contributed by atoms with Gasteiger partial charge in [-0.2, -0.15) is 0 Å². The van der Waals surface area contributed by atoms with Gasteiger partial charge in [-0.25, -0.2) is 0 Å². The van der Waals surface area contributed by atoms with Crippen LogP contribution in [0.5, 0.6) is 0 Å². The number of esters is 1. The molecule has 18 heavy (non-hydrogen) atoms. The molecular weight excluding hydrogens is 230 g/mol. The lowest BCUT2D eigenvalue weighted by molar-refractivity contribution is -0.166. The third-order valence-electron chi connectivity index (χ3n) is 3.63. The van der Waals surface area contributed by atoms with Crippen LogP contribution in [0, 0.1) is 0 Å². The molecule has 1 saturated heterocycles. The van der Waals surface area contributed by atoms with Gasteiger partial charge < -0.3 is 9.47 Å². The summed E-state index contributed by atoms with van der Waals surface area (Å²) in [6.07, 6.45) is 2.25. The maximum absolute atomic E-state index is 12.3. The molecule has 0 bridgehead atoms. The molecule has 1 heterocycles. The van der Waals surface area contributed by atoms with Crippen LogP contribution >= 0.6 is 0 Å². The lowest BCUT2D eigenvalue weighted by Crippen LogP contribution is -2.62. The van der Waals surface area contributed by atoms with E-state index in [-0.39, 0.29) is 17.6 Å².